The average molecular weight is 838 g/mol. The van der Waals surface area contributed by atoms with Gasteiger partial charge in [-0.2, -0.15) is 0 Å². The second kappa shape index (κ2) is 17.8. The molecule has 2 fully saturated rings. The Kier molecular flexibility index (Phi) is 12.1. The number of nitrogens with zero attached hydrogens (tertiary/aromatic N) is 4. The number of carbonyl (C=O) groups is 4. The Bertz CT molecular complexity index is 2530. The fourth-order valence-corrected chi connectivity index (χ4v) is 9.15. The molecule has 62 heavy (non-hydrogen) atoms. The van der Waals surface area contributed by atoms with E-state index in [1.807, 2.05) is 43.7 Å². The first-order valence-electron chi connectivity index (χ1n) is 21.6. The van der Waals surface area contributed by atoms with E-state index in [2.05, 4.69) is 94.5 Å². The second-order valence-electron chi connectivity index (χ2n) is 17.3. The summed E-state index contributed by atoms with van der Waals surface area (Å²) in [5.74, 6) is 0.321. The smallest absolute Gasteiger partial charge is 0.407 e. The number of imidazole rings is 1. The van der Waals surface area contributed by atoms with Crippen molar-refractivity contribution in [2.75, 3.05) is 27.3 Å². The topological polar surface area (TPSA) is 158 Å². The van der Waals surface area contributed by atoms with Crippen molar-refractivity contribution in [3.8, 4) is 33.5 Å². The van der Waals surface area contributed by atoms with Crippen molar-refractivity contribution in [3.05, 3.63) is 96.4 Å². The number of benzene rings is 4. The third-order valence-corrected chi connectivity index (χ3v) is 12.6. The SMILES string of the molecule is COC(=O)N[C@H](C(=O)N1CCC[C@H]1C1=Nc2ccc(-c3ccc4cc(-c5ccc(-c6cnc([C@@H]7CCCN7C(=O)[C@@H](NC(=O)OC)C(C)C)[nH]6)cc5)ccc4c3)cc2C1)C(C)C. The molecule has 322 valence electrons. The minimum atomic E-state index is -0.684. The fraction of sp³-hybridized carbons (Fsp3) is 0.388. The van der Waals surface area contributed by atoms with E-state index in [0.29, 0.717) is 19.5 Å². The number of alkyl carbamates (subject to hydrolysis) is 2. The van der Waals surface area contributed by atoms with Gasteiger partial charge in [0, 0.05) is 25.2 Å². The summed E-state index contributed by atoms with van der Waals surface area (Å²) < 4.78 is 9.57. The van der Waals surface area contributed by atoms with Crippen LogP contribution >= 0.6 is 0 Å². The van der Waals surface area contributed by atoms with Crippen molar-refractivity contribution in [1.82, 2.24) is 30.4 Å². The monoisotopic (exact) mass is 837 g/mol. The molecular formula is C49H55N7O6. The molecule has 3 aliphatic heterocycles. The molecule has 0 bridgehead atoms. The van der Waals surface area contributed by atoms with Crippen LogP contribution in [0.4, 0.5) is 15.3 Å². The summed E-state index contributed by atoms with van der Waals surface area (Å²) in [5.41, 5.74) is 9.41. The summed E-state index contributed by atoms with van der Waals surface area (Å²) in [4.78, 5) is 68.2. The lowest BCUT2D eigenvalue weighted by Gasteiger charge is -2.30. The number of H-pyrrole nitrogens is 1. The maximum Gasteiger partial charge on any atom is 0.407 e. The number of rotatable bonds is 11. The first kappa shape index (κ1) is 42.2. The molecule has 8 rings (SSSR count). The van der Waals surface area contributed by atoms with E-state index in [1.165, 1.54) is 14.2 Å². The zero-order valence-corrected chi connectivity index (χ0v) is 36.2. The Balaban J connectivity index is 0.926. The standard InChI is InChI=1S/C49H55N7O6/c1-28(2)43(53-48(59)61-5)46(57)55-21-7-9-41(55)39-26-37-25-36(19-20-38(37)51-39)35-18-17-33-23-32(15-16-34(33)24-35)30-11-13-31(14-12-30)40-27-50-45(52-40)42-10-8-22-56(42)47(58)44(29(3)4)54-49(60)62-6/h11-20,23-25,27-29,41-44H,7-10,21-22,26H2,1-6H3,(H,50,52)(H,53,59)(H,54,60)/t41-,42-,43-,44-/m0/s1. The predicted octanol–water partition coefficient (Wildman–Crippen LogP) is 8.61. The van der Waals surface area contributed by atoms with Gasteiger partial charge in [-0.15, -0.1) is 0 Å². The maximum atomic E-state index is 13.7. The highest BCUT2D eigenvalue weighted by atomic mass is 16.5. The molecule has 4 aromatic carbocycles. The van der Waals surface area contributed by atoms with Crippen molar-refractivity contribution in [1.29, 1.82) is 0 Å². The van der Waals surface area contributed by atoms with Crippen molar-refractivity contribution in [2.45, 2.75) is 84.0 Å². The minimum absolute atomic E-state index is 0.0860. The molecule has 13 heteroatoms. The third kappa shape index (κ3) is 8.53. The Morgan fingerprint density at radius 1 is 0.661 bits per heavy atom. The number of hydrogen-bond donors (Lipinski definition) is 3. The summed E-state index contributed by atoms with van der Waals surface area (Å²) in [6.07, 6.45) is 4.66. The fourth-order valence-electron chi connectivity index (χ4n) is 9.15. The molecule has 0 saturated carbocycles. The van der Waals surface area contributed by atoms with Crippen molar-refractivity contribution in [3.63, 3.8) is 0 Å². The van der Waals surface area contributed by atoms with Gasteiger partial charge < -0.3 is 34.9 Å². The van der Waals surface area contributed by atoms with Crippen molar-refractivity contribution >= 4 is 46.2 Å². The van der Waals surface area contributed by atoms with Gasteiger partial charge in [-0.3, -0.25) is 14.6 Å². The van der Waals surface area contributed by atoms with Crippen LogP contribution in [0.25, 0.3) is 44.3 Å². The average Bonchev–Trinajstić information content (AvgIpc) is 4.12. The molecule has 2 saturated heterocycles. The molecule has 0 unspecified atom stereocenters. The predicted molar refractivity (Wildman–Crippen MR) is 240 cm³/mol. The molecule has 0 radical (unpaired) electrons. The van der Waals surface area contributed by atoms with Gasteiger partial charge in [0.25, 0.3) is 0 Å². The first-order valence-corrected chi connectivity index (χ1v) is 21.6. The lowest BCUT2D eigenvalue weighted by Crippen LogP contribution is -2.53. The molecule has 4 heterocycles. The second-order valence-corrected chi connectivity index (χ2v) is 17.3. The number of aromatic amines is 1. The van der Waals surface area contributed by atoms with Crippen LogP contribution in [0.15, 0.2) is 90.1 Å². The lowest BCUT2D eigenvalue weighted by molar-refractivity contribution is -0.135. The number of aliphatic imine (C=N–C) groups is 1. The van der Waals surface area contributed by atoms with E-state index in [4.69, 9.17) is 19.5 Å². The zero-order chi connectivity index (χ0) is 43.7. The van der Waals surface area contributed by atoms with E-state index in [9.17, 15) is 19.2 Å². The number of fused-ring (bicyclic) bond motifs is 2. The van der Waals surface area contributed by atoms with Crippen molar-refractivity contribution < 1.29 is 28.7 Å². The highest BCUT2D eigenvalue weighted by Crippen LogP contribution is 2.37. The maximum absolute atomic E-state index is 13.7. The van der Waals surface area contributed by atoms with E-state index in [0.717, 1.165) is 92.8 Å². The van der Waals surface area contributed by atoms with E-state index in [-0.39, 0.29) is 35.7 Å². The van der Waals surface area contributed by atoms with Gasteiger partial charge in [-0.1, -0.05) is 82.3 Å². The lowest BCUT2D eigenvalue weighted by atomic mass is 9.95. The minimum Gasteiger partial charge on any atom is -0.453 e. The molecule has 0 spiro atoms. The summed E-state index contributed by atoms with van der Waals surface area (Å²) in [6, 6.07) is 26.3. The molecule has 5 aromatic rings. The van der Waals surface area contributed by atoms with Gasteiger partial charge in [0.1, 0.15) is 17.9 Å². The van der Waals surface area contributed by atoms with Crippen LogP contribution in [0.2, 0.25) is 0 Å². The van der Waals surface area contributed by atoms with Crippen LogP contribution in [0.5, 0.6) is 0 Å². The molecule has 1 aromatic heterocycles. The van der Waals surface area contributed by atoms with Gasteiger partial charge >= 0.3 is 12.2 Å². The van der Waals surface area contributed by atoms with Crippen LogP contribution in [0.3, 0.4) is 0 Å². The molecule has 3 N–H and O–H groups in total. The number of likely N-dealkylation sites (tertiary alicyclic amines) is 2. The summed E-state index contributed by atoms with van der Waals surface area (Å²) >= 11 is 0. The molecule has 4 atom stereocenters. The van der Waals surface area contributed by atoms with Crippen LogP contribution < -0.4 is 10.6 Å². The normalized spacial score (nSPS) is 18.2. The van der Waals surface area contributed by atoms with E-state index < -0.39 is 24.3 Å². The highest BCUT2D eigenvalue weighted by Gasteiger charge is 2.40. The Hall–Kier alpha value is -6.50. The van der Waals surface area contributed by atoms with Gasteiger partial charge in [-0.05, 0) is 106 Å². The summed E-state index contributed by atoms with van der Waals surface area (Å²) in [5, 5.41) is 7.73. The Morgan fingerprint density at radius 2 is 1.16 bits per heavy atom. The van der Waals surface area contributed by atoms with Crippen molar-refractivity contribution in [2.24, 2.45) is 16.8 Å². The Labute approximate surface area is 362 Å². The van der Waals surface area contributed by atoms with Gasteiger partial charge in [-0.25, -0.2) is 14.6 Å². The number of hydrogen-bond acceptors (Lipinski definition) is 8. The summed E-state index contributed by atoms with van der Waals surface area (Å²) in [6.45, 7) is 8.90. The van der Waals surface area contributed by atoms with Crippen LogP contribution in [0, 0.1) is 11.8 Å². The number of carbonyl (C=O) groups excluding carboxylic acids is 4. The van der Waals surface area contributed by atoms with E-state index >= 15 is 0 Å². The quantitative estimate of drug-likeness (QED) is 0.120. The molecular weight excluding hydrogens is 783 g/mol. The van der Waals surface area contributed by atoms with Crippen LogP contribution in [-0.2, 0) is 25.5 Å². The molecule has 13 nitrogen and oxygen atoms in total. The highest BCUT2D eigenvalue weighted by molar-refractivity contribution is 6.01. The first-order chi connectivity index (χ1) is 29.9. The molecule has 0 aliphatic carbocycles. The van der Waals surface area contributed by atoms with Crippen LogP contribution in [0.1, 0.15) is 70.8 Å². The number of aromatic nitrogens is 2. The Morgan fingerprint density at radius 3 is 1.74 bits per heavy atom. The van der Waals surface area contributed by atoms with E-state index in [1.54, 1.807) is 0 Å². The largest absolute Gasteiger partial charge is 0.453 e. The van der Waals surface area contributed by atoms with Gasteiger partial charge in [0.15, 0.2) is 0 Å². The van der Waals surface area contributed by atoms with Gasteiger partial charge in [0.2, 0.25) is 11.8 Å². The van der Waals surface area contributed by atoms with Gasteiger partial charge in [0.05, 0.1) is 43.9 Å². The number of ether oxygens (including phenoxy) is 2. The number of amides is 4. The van der Waals surface area contributed by atoms with Crippen LogP contribution in [-0.4, -0.2) is 94.9 Å². The molecule has 4 amide bonds. The molecule has 3 aliphatic rings. The number of methoxy groups -OCH3 is 2. The number of nitrogens with one attached hydrogen (secondary N) is 3. The summed E-state index contributed by atoms with van der Waals surface area (Å²) in [7, 11) is 2.60. The third-order valence-electron chi connectivity index (χ3n) is 12.6. The zero-order valence-electron chi connectivity index (χ0n) is 36.2.